The SMILES string of the molecule is CSc1ccc(CN2CCN(c3ccccc3)CC2)cc1. The molecule has 3 heteroatoms. The van der Waals surface area contributed by atoms with Crippen molar-refractivity contribution in [1.82, 2.24) is 4.90 Å². The van der Waals surface area contributed by atoms with E-state index < -0.39 is 0 Å². The summed E-state index contributed by atoms with van der Waals surface area (Å²) in [4.78, 5) is 6.37. The largest absolute Gasteiger partial charge is 0.369 e. The fourth-order valence-corrected chi connectivity index (χ4v) is 3.20. The van der Waals surface area contributed by atoms with E-state index in [0.717, 1.165) is 32.7 Å². The van der Waals surface area contributed by atoms with Gasteiger partial charge in [-0.15, -0.1) is 11.8 Å². The van der Waals surface area contributed by atoms with Crippen molar-refractivity contribution in [2.45, 2.75) is 11.4 Å². The molecule has 2 aromatic carbocycles. The van der Waals surface area contributed by atoms with Crippen molar-refractivity contribution >= 4 is 17.4 Å². The number of piperazine rings is 1. The van der Waals surface area contributed by atoms with E-state index in [0.29, 0.717) is 0 Å². The summed E-state index contributed by atoms with van der Waals surface area (Å²) in [5, 5.41) is 0. The van der Waals surface area contributed by atoms with Gasteiger partial charge in [0, 0.05) is 43.3 Å². The number of para-hydroxylation sites is 1. The molecule has 1 saturated heterocycles. The van der Waals surface area contributed by atoms with Crippen LogP contribution < -0.4 is 4.90 Å². The van der Waals surface area contributed by atoms with E-state index in [2.05, 4.69) is 70.7 Å². The predicted molar refractivity (Wildman–Crippen MR) is 92.2 cm³/mol. The van der Waals surface area contributed by atoms with Crippen LogP contribution in [0.2, 0.25) is 0 Å². The minimum Gasteiger partial charge on any atom is -0.369 e. The highest BCUT2D eigenvalue weighted by molar-refractivity contribution is 7.98. The molecule has 0 saturated carbocycles. The standard InChI is InChI=1S/C18H22N2S/c1-21-18-9-7-16(8-10-18)15-19-11-13-20(14-12-19)17-5-3-2-4-6-17/h2-10H,11-15H2,1H3. The summed E-state index contributed by atoms with van der Waals surface area (Å²) in [6.07, 6.45) is 2.12. The highest BCUT2D eigenvalue weighted by Crippen LogP contribution is 2.18. The second kappa shape index (κ2) is 7.01. The van der Waals surface area contributed by atoms with Gasteiger partial charge in [0.15, 0.2) is 0 Å². The quantitative estimate of drug-likeness (QED) is 0.794. The van der Waals surface area contributed by atoms with Crippen LogP contribution in [0.25, 0.3) is 0 Å². The fraction of sp³-hybridized carbons (Fsp3) is 0.333. The molecule has 1 heterocycles. The Bertz CT molecular complexity index is 545. The Morgan fingerprint density at radius 2 is 1.52 bits per heavy atom. The zero-order valence-corrected chi connectivity index (χ0v) is 13.4. The summed E-state index contributed by atoms with van der Waals surface area (Å²) in [5.74, 6) is 0. The van der Waals surface area contributed by atoms with E-state index in [4.69, 9.17) is 0 Å². The number of nitrogens with zero attached hydrogens (tertiary/aromatic N) is 2. The average molecular weight is 298 g/mol. The van der Waals surface area contributed by atoms with Crippen molar-refractivity contribution in [2.24, 2.45) is 0 Å². The van der Waals surface area contributed by atoms with Gasteiger partial charge in [-0.05, 0) is 36.1 Å². The zero-order chi connectivity index (χ0) is 14.5. The van der Waals surface area contributed by atoms with Gasteiger partial charge in [-0.2, -0.15) is 0 Å². The van der Waals surface area contributed by atoms with Crippen LogP contribution in [0.3, 0.4) is 0 Å². The molecule has 21 heavy (non-hydrogen) atoms. The van der Waals surface area contributed by atoms with E-state index >= 15 is 0 Å². The van der Waals surface area contributed by atoms with Crippen molar-refractivity contribution < 1.29 is 0 Å². The maximum Gasteiger partial charge on any atom is 0.0367 e. The van der Waals surface area contributed by atoms with Crippen molar-refractivity contribution in [3.05, 3.63) is 60.2 Å². The van der Waals surface area contributed by atoms with E-state index in [1.165, 1.54) is 16.1 Å². The summed E-state index contributed by atoms with van der Waals surface area (Å²) in [7, 11) is 0. The molecule has 0 unspecified atom stereocenters. The van der Waals surface area contributed by atoms with Crippen LogP contribution in [0.1, 0.15) is 5.56 Å². The molecule has 0 atom stereocenters. The summed E-state index contributed by atoms with van der Waals surface area (Å²) < 4.78 is 0. The molecule has 0 bridgehead atoms. The molecule has 2 aromatic rings. The van der Waals surface area contributed by atoms with Gasteiger partial charge >= 0.3 is 0 Å². The number of benzene rings is 2. The third-order valence-corrected chi connectivity index (χ3v) is 4.80. The van der Waals surface area contributed by atoms with Crippen LogP contribution in [-0.2, 0) is 6.54 Å². The lowest BCUT2D eigenvalue weighted by Gasteiger charge is -2.36. The molecule has 0 spiro atoms. The summed E-state index contributed by atoms with van der Waals surface area (Å²) in [6, 6.07) is 19.7. The monoisotopic (exact) mass is 298 g/mol. The fourth-order valence-electron chi connectivity index (χ4n) is 2.79. The minimum atomic E-state index is 1.07. The molecular weight excluding hydrogens is 276 g/mol. The lowest BCUT2D eigenvalue weighted by molar-refractivity contribution is 0.250. The molecule has 0 amide bonds. The van der Waals surface area contributed by atoms with Gasteiger partial charge in [-0.25, -0.2) is 0 Å². The molecule has 1 fully saturated rings. The van der Waals surface area contributed by atoms with Crippen LogP contribution in [0.5, 0.6) is 0 Å². The number of hydrogen-bond donors (Lipinski definition) is 0. The molecular formula is C18H22N2S. The molecule has 3 rings (SSSR count). The molecule has 1 aliphatic rings. The summed E-state index contributed by atoms with van der Waals surface area (Å²) in [6.45, 7) is 5.58. The van der Waals surface area contributed by atoms with E-state index in [1.54, 1.807) is 11.8 Å². The molecule has 1 aliphatic heterocycles. The topological polar surface area (TPSA) is 6.48 Å². The highest BCUT2D eigenvalue weighted by Gasteiger charge is 2.16. The first kappa shape index (κ1) is 14.5. The smallest absolute Gasteiger partial charge is 0.0367 e. The molecule has 110 valence electrons. The van der Waals surface area contributed by atoms with Crippen LogP contribution >= 0.6 is 11.8 Å². The number of rotatable bonds is 4. The maximum atomic E-state index is 2.55. The minimum absolute atomic E-state index is 1.07. The number of anilines is 1. The summed E-state index contributed by atoms with van der Waals surface area (Å²) >= 11 is 1.80. The summed E-state index contributed by atoms with van der Waals surface area (Å²) in [5.41, 5.74) is 2.77. The van der Waals surface area contributed by atoms with Crippen LogP contribution in [0.4, 0.5) is 5.69 Å². The van der Waals surface area contributed by atoms with Gasteiger partial charge in [0.2, 0.25) is 0 Å². The second-order valence-corrected chi connectivity index (χ2v) is 6.33. The van der Waals surface area contributed by atoms with Crippen LogP contribution in [0, 0.1) is 0 Å². The van der Waals surface area contributed by atoms with Crippen molar-refractivity contribution in [3.8, 4) is 0 Å². The van der Waals surface area contributed by atoms with Gasteiger partial charge in [-0.1, -0.05) is 30.3 Å². The van der Waals surface area contributed by atoms with Gasteiger partial charge in [0.05, 0.1) is 0 Å². The lowest BCUT2D eigenvalue weighted by atomic mass is 10.2. The molecule has 0 aromatic heterocycles. The zero-order valence-electron chi connectivity index (χ0n) is 12.5. The molecule has 0 aliphatic carbocycles. The van der Waals surface area contributed by atoms with Crippen LogP contribution in [-0.4, -0.2) is 37.3 Å². The van der Waals surface area contributed by atoms with Gasteiger partial charge < -0.3 is 4.90 Å². The van der Waals surface area contributed by atoms with Gasteiger partial charge in [-0.3, -0.25) is 4.90 Å². The predicted octanol–water partition coefficient (Wildman–Crippen LogP) is 3.73. The third kappa shape index (κ3) is 3.80. The second-order valence-electron chi connectivity index (χ2n) is 5.45. The Kier molecular flexibility index (Phi) is 4.84. The Balaban J connectivity index is 1.53. The van der Waals surface area contributed by atoms with Crippen molar-refractivity contribution in [2.75, 3.05) is 37.3 Å². The van der Waals surface area contributed by atoms with E-state index in [-0.39, 0.29) is 0 Å². The Morgan fingerprint density at radius 3 is 2.14 bits per heavy atom. The third-order valence-electron chi connectivity index (χ3n) is 4.06. The molecule has 2 nitrogen and oxygen atoms in total. The van der Waals surface area contributed by atoms with Crippen LogP contribution in [0.15, 0.2) is 59.5 Å². The average Bonchev–Trinajstić information content (AvgIpc) is 2.57. The Labute approximate surface area is 131 Å². The van der Waals surface area contributed by atoms with Gasteiger partial charge in [0.1, 0.15) is 0 Å². The van der Waals surface area contributed by atoms with Crippen molar-refractivity contribution in [1.29, 1.82) is 0 Å². The normalized spacial score (nSPS) is 16.1. The number of hydrogen-bond acceptors (Lipinski definition) is 3. The van der Waals surface area contributed by atoms with Gasteiger partial charge in [0.25, 0.3) is 0 Å². The first-order valence-electron chi connectivity index (χ1n) is 7.50. The van der Waals surface area contributed by atoms with E-state index in [9.17, 15) is 0 Å². The lowest BCUT2D eigenvalue weighted by Crippen LogP contribution is -2.45. The van der Waals surface area contributed by atoms with E-state index in [1.807, 2.05) is 0 Å². The highest BCUT2D eigenvalue weighted by atomic mass is 32.2. The molecule has 0 N–H and O–H groups in total. The molecule has 0 radical (unpaired) electrons. The Hall–Kier alpha value is -1.45. The first-order valence-corrected chi connectivity index (χ1v) is 8.73. The number of thioether (sulfide) groups is 1. The Morgan fingerprint density at radius 1 is 0.857 bits per heavy atom. The maximum absolute atomic E-state index is 2.55. The first-order chi connectivity index (χ1) is 10.3. The van der Waals surface area contributed by atoms with Crippen molar-refractivity contribution in [3.63, 3.8) is 0 Å².